The molecule has 0 atom stereocenters. The second-order valence-corrected chi connectivity index (χ2v) is 4.92. The SMILES string of the molecule is Cc1cc(C2(CON)CC2)c2ccccc2n1. The van der Waals surface area contributed by atoms with Gasteiger partial charge < -0.3 is 4.84 Å². The maximum absolute atomic E-state index is 5.26. The van der Waals surface area contributed by atoms with Crippen LogP contribution in [0.3, 0.4) is 0 Å². The van der Waals surface area contributed by atoms with Crippen molar-refractivity contribution >= 4 is 10.9 Å². The molecule has 0 bridgehead atoms. The molecule has 0 radical (unpaired) electrons. The Kier molecular flexibility index (Phi) is 2.38. The van der Waals surface area contributed by atoms with Gasteiger partial charge in [-0.25, -0.2) is 5.90 Å². The van der Waals surface area contributed by atoms with Crippen LogP contribution in [0.2, 0.25) is 0 Å². The van der Waals surface area contributed by atoms with Gasteiger partial charge in [0.25, 0.3) is 0 Å². The van der Waals surface area contributed by atoms with Crippen molar-refractivity contribution in [3.63, 3.8) is 0 Å². The van der Waals surface area contributed by atoms with Crippen LogP contribution in [0.5, 0.6) is 0 Å². The summed E-state index contributed by atoms with van der Waals surface area (Å²) in [7, 11) is 0. The summed E-state index contributed by atoms with van der Waals surface area (Å²) < 4.78 is 0. The molecule has 1 aliphatic carbocycles. The molecule has 17 heavy (non-hydrogen) atoms. The van der Waals surface area contributed by atoms with Crippen molar-refractivity contribution in [1.29, 1.82) is 0 Å². The molecule has 1 saturated carbocycles. The number of fused-ring (bicyclic) bond motifs is 1. The lowest BCUT2D eigenvalue weighted by molar-refractivity contribution is 0.116. The Labute approximate surface area is 101 Å². The first kappa shape index (κ1) is 10.7. The van der Waals surface area contributed by atoms with E-state index in [1.807, 2.05) is 13.0 Å². The molecule has 0 unspecified atom stereocenters. The first-order chi connectivity index (χ1) is 8.25. The third-order valence-electron chi connectivity index (χ3n) is 3.63. The van der Waals surface area contributed by atoms with Gasteiger partial charge >= 0.3 is 0 Å². The Morgan fingerprint density at radius 2 is 2.12 bits per heavy atom. The molecule has 88 valence electrons. The van der Waals surface area contributed by atoms with Crippen molar-refractivity contribution in [3.8, 4) is 0 Å². The molecule has 1 heterocycles. The van der Waals surface area contributed by atoms with Crippen LogP contribution in [0.4, 0.5) is 0 Å². The summed E-state index contributed by atoms with van der Waals surface area (Å²) in [6, 6.07) is 10.5. The third kappa shape index (κ3) is 1.72. The van der Waals surface area contributed by atoms with Crippen LogP contribution in [0.15, 0.2) is 30.3 Å². The number of aryl methyl sites for hydroxylation is 1. The average molecular weight is 228 g/mol. The molecule has 1 aromatic heterocycles. The number of benzene rings is 1. The number of hydrogen-bond acceptors (Lipinski definition) is 3. The lowest BCUT2D eigenvalue weighted by Gasteiger charge is -2.17. The van der Waals surface area contributed by atoms with Gasteiger partial charge in [0, 0.05) is 16.5 Å². The average Bonchev–Trinajstić information content (AvgIpc) is 3.09. The fraction of sp³-hybridized carbons (Fsp3) is 0.357. The number of nitrogens with two attached hydrogens (primary N) is 1. The number of hydrogen-bond donors (Lipinski definition) is 1. The smallest absolute Gasteiger partial charge is 0.0776 e. The van der Waals surface area contributed by atoms with Crippen LogP contribution in [0, 0.1) is 6.92 Å². The van der Waals surface area contributed by atoms with Gasteiger partial charge in [-0.15, -0.1) is 0 Å². The van der Waals surface area contributed by atoms with E-state index in [1.165, 1.54) is 10.9 Å². The standard InChI is InChI=1S/C14H16N2O/c1-10-8-12(14(6-7-14)9-17-15)11-4-2-3-5-13(11)16-10/h2-5,8H,6-7,9,15H2,1H3. The van der Waals surface area contributed by atoms with E-state index in [0.717, 1.165) is 24.1 Å². The van der Waals surface area contributed by atoms with Gasteiger partial charge in [0.1, 0.15) is 0 Å². The molecule has 3 nitrogen and oxygen atoms in total. The zero-order valence-corrected chi connectivity index (χ0v) is 9.94. The summed E-state index contributed by atoms with van der Waals surface area (Å²) in [6.07, 6.45) is 2.30. The zero-order valence-electron chi connectivity index (χ0n) is 9.94. The number of aromatic nitrogens is 1. The predicted molar refractivity (Wildman–Crippen MR) is 67.5 cm³/mol. The van der Waals surface area contributed by atoms with Crippen LogP contribution >= 0.6 is 0 Å². The van der Waals surface area contributed by atoms with Crippen LogP contribution < -0.4 is 5.90 Å². The molecule has 2 N–H and O–H groups in total. The molecule has 0 spiro atoms. The highest BCUT2D eigenvalue weighted by molar-refractivity contribution is 5.84. The summed E-state index contributed by atoms with van der Waals surface area (Å²) in [5.41, 5.74) is 3.58. The molecule has 3 rings (SSSR count). The minimum atomic E-state index is 0.127. The molecule has 1 aromatic carbocycles. The fourth-order valence-electron chi connectivity index (χ4n) is 2.55. The summed E-state index contributed by atoms with van der Waals surface area (Å²) in [5.74, 6) is 5.26. The first-order valence-electron chi connectivity index (χ1n) is 5.94. The Balaban J connectivity index is 2.21. The van der Waals surface area contributed by atoms with Crippen LogP contribution in [-0.2, 0) is 10.3 Å². The van der Waals surface area contributed by atoms with Gasteiger partial charge in [-0.2, -0.15) is 0 Å². The van der Waals surface area contributed by atoms with Crippen molar-refractivity contribution in [2.75, 3.05) is 6.61 Å². The second kappa shape index (κ2) is 3.79. The fourth-order valence-corrected chi connectivity index (χ4v) is 2.55. The normalized spacial score (nSPS) is 17.3. The third-order valence-corrected chi connectivity index (χ3v) is 3.63. The first-order valence-corrected chi connectivity index (χ1v) is 5.94. The lowest BCUT2D eigenvalue weighted by Crippen LogP contribution is -2.18. The van der Waals surface area contributed by atoms with E-state index in [4.69, 9.17) is 10.7 Å². The van der Waals surface area contributed by atoms with Gasteiger partial charge in [-0.05, 0) is 37.5 Å². The second-order valence-electron chi connectivity index (χ2n) is 4.92. The lowest BCUT2D eigenvalue weighted by atomic mass is 9.93. The van der Waals surface area contributed by atoms with Crippen molar-refractivity contribution in [2.45, 2.75) is 25.2 Å². The number of nitrogens with zero attached hydrogens (tertiary/aromatic N) is 1. The van der Waals surface area contributed by atoms with Crippen molar-refractivity contribution in [3.05, 3.63) is 41.6 Å². The van der Waals surface area contributed by atoms with E-state index in [-0.39, 0.29) is 5.41 Å². The maximum atomic E-state index is 5.26. The minimum absolute atomic E-state index is 0.127. The summed E-state index contributed by atoms with van der Waals surface area (Å²) in [5, 5.41) is 1.23. The highest BCUT2D eigenvalue weighted by atomic mass is 16.6. The molecule has 3 heteroatoms. The maximum Gasteiger partial charge on any atom is 0.0776 e. The van der Waals surface area contributed by atoms with Crippen LogP contribution in [0.25, 0.3) is 10.9 Å². The quantitative estimate of drug-likeness (QED) is 0.821. The minimum Gasteiger partial charge on any atom is -0.304 e. The van der Waals surface area contributed by atoms with E-state index in [2.05, 4.69) is 29.2 Å². The molecule has 1 aliphatic rings. The Morgan fingerprint density at radius 1 is 1.35 bits per heavy atom. The van der Waals surface area contributed by atoms with E-state index in [0.29, 0.717) is 6.61 Å². The Morgan fingerprint density at radius 3 is 2.82 bits per heavy atom. The molecule has 1 fully saturated rings. The number of pyridine rings is 1. The molecule has 0 amide bonds. The summed E-state index contributed by atoms with van der Waals surface area (Å²) in [6.45, 7) is 2.63. The van der Waals surface area contributed by atoms with Gasteiger partial charge in [0.05, 0.1) is 12.1 Å². The topological polar surface area (TPSA) is 48.1 Å². The molecular weight excluding hydrogens is 212 g/mol. The zero-order chi connectivity index (χ0) is 11.9. The monoisotopic (exact) mass is 228 g/mol. The van der Waals surface area contributed by atoms with Crippen LogP contribution in [-0.4, -0.2) is 11.6 Å². The van der Waals surface area contributed by atoms with Gasteiger partial charge in [0.2, 0.25) is 0 Å². The van der Waals surface area contributed by atoms with Gasteiger partial charge in [-0.1, -0.05) is 18.2 Å². The molecular formula is C14H16N2O. The Hall–Kier alpha value is -1.45. The van der Waals surface area contributed by atoms with Crippen LogP contribution in [0.1, 0.15) is 24.1 Å². The van der Waals surface area contributed by atoms with E-state index >= 15 is 0 Å². The predicted octanol–water partition coefficient (Wildman–Crippen LogP) is 2.47. The van der Waals surface area contributed by atoms with E-state index < -0.39 is 0 Å². The highest BCUT2D eigenvalue weighted by Crippen LogP contribution is 2.50. The van der Waals surface area contributed by atoms with Gasteiger partial charge in [-0.3, -0.25) is 4.98 Å². The molecule has 0 saturated heterocycles. The van der Waals surface area contributed by atoms with Crippen molar-refractivity contribution < 1.29 is 4.84 Å². The molecule has 2 aromatic rings. The van der Waals surface area contributed by atoms with Crippen molar-refractivity contribution in [1.82, 2.24) is 4.98 Å². The highest BCUT2D eigenvalue weighted by Gasteiger charge is 2.45. The Bertz CT molecular complexity index is 561. The number of rotatable bonds is 3. The largest absolute Gasteiger partial charge is 0.304 e. The number of para-hydroxylation sites is 1. The van der Waals surface area contributed by atoms with E-state index in [9.17, 15) is 0 Å². The van der Waals surface area contributed by atoms with E-state index in [1.54, 1.807) is 0 Å². The summed E-state index contributed by atoms with van der Waals surface area (Å²) >= 11 is 0. The van der Waals surface area contributed by atoms with Gasteiger partial charge in [0.15, 0.2) is 0 Å². The molecule has 0 aliphatic heterocycles. The van der Waals surface area contributed by atoms with Crippen molar-refractivity contribution in [2.24, 2.45) is 5.90 Å². The summed E-state index contributed by atoms with van der Waals surface area (Å²) in [4.78, 5) is 9.46.